The normalized spacial score (nSPS) is 30.4. The first-order valence-corrected chi connectivity index (χ1v) is 12.4. The molecule has 3 aliphatic rings. The van der Waals surface area contributed by atoms with Gasteiger partial charge in [-0.1, -0.05) is 17.8 Å². The minimum Gasteiger partial charge on any atom is -0.399 e. The van der Waals surface area contributed by atoms with E-state index < -0.39 is 23.4 Å². The summed E-state index contributed by atoms with van der Waals surface area (Å²) in [4.78, 5) is 23.9. The van der Waals surface area contributed by atoms with Gasteiger partial charge in [-0.05, 0) is 56.4 Å². The van der Waals surface area contributed by atoms with Crippen LogP contribution in [-0.4, -0.2) is 53.2 Å². The number of amides is 1. The van der Waals surface area contributed by atoms with E-state index in [2.05, 4.69) is 15.3 Å². The van der Waals surface area contributed by atoms with Crippen LogP contribution in [0.3, 0.4) is 0 Å². The number of nitrogens with two attached hydrogens (primary N) is 1. The van der Waals surface area contributed by atoms with E-state index in [4.69, 9.17) is 5.73 Å². The lowest BCUT2D eigenvalue weighted by atomic mass is 9.77. The standard InChI is InChI=1S/C24H30F3N5O2S/c1-13(15-8-16(24(25,26)27)10-17(28)9-15)31-20-18-11-19(35-21(18)30-12-29-20)23(34)6-4-14(5-7-23)22(33)32(2)3/h8-14,18,21,34H,4-7,28H2,1-3H3,(H,29,30,31)/t13-,14?,18?,21?,23?/m1/s1. The summed E-state index contributed by atoms with van der Waals surface area (Å²) in [5.41, 5.74) is 4.29. The van der Waals surface area contributed by atoms with Crippen molar-refractivity contribution in [2.75, 3.05) is 19.8 Å². The van der Waals surface area contributed by atoms with Gasteiger partial charge in [-0.2, -0.15) is 13.2 Å². The van der Waals surface area contributed by atoms with Gasteiger partial charge in [0.25, 0.3) is 0 Å². The third-order valence-electron chi connectivity index (χ3n) is 6.82. The number of aliphatic imine (C=N–C) groups is 2. The number of carbonyl (C=O) groups is 1. The van der Waals surface area contributed by atoms with E-state index in [-0.39, 0.29) is 28.8 Å². The van der Waals surface area contributed by atoms with Gasteiger partial charge in [0.15, 0.2) is 0 Å². The summed E-state index contributed by atoms with van der Waals surface area (Å²) in [5, 5.41) is 14.2. The van der Waals surface area contributed by atoms with Gasteiger partial charge in [0.2, 0.25) is 5.91 Å². The molecule has 2 aliphatic heterocycles. The Balaban J connectivity index is 1.53. The molecule has 0 bridgehead atoms. The summed E-state index contributed by atoms with van der Waals surface area (Å²) in [6.07, 6.45) is 1.18. The summed E-state index contributed by atoms with van der Waals surface area (Å²) >= 11 is 1.48. The van der Waals surface area contributed by atoms with Crippen LogP contribution in [0.25, 0.3) is 0 Å². The molecule has 11 heteroatoms. The number of fused-ring (bicyclic) bond motifs is 1. The van der Waals surface area contributed by atoms with Crippen molar-refractivity contribution < 1.29 is 23.1 Å². The number of nitrogen functional groups attached to an aromatic ring is 1. The molecule has 0 aromatic heterocycles. The molecule has 190 valence electrons. The lowest BCUT2D eigenvalue weighted by Crippen LogP contribution is -2.39. The molecule has 3 atom stereocenters. The zero-order valence-corrected chi connectivity index (χ0v) is 20.7. The van der Waals surface area contributed by atoms with Crippen LogP contribution in [0.15, 0.2) is 39.2 Å². The Morgan fingerprint density at radius 1 is 1.31 bits per heavy atom. The molecule has 7 nitrogen and oxygen atoms in total. The molecule has 4 N–H and O–H groups in total. The van der Waals surface area contributed by atoms with Crippen molar-refractivity contribution in [2.24, 2.45) is 21.8 Å². The second-order valence-electron chi connectivity index (χ2n) is 9.60. The van der Waals surface area contributed by atoms with Crippen LogP contribution in [-0.2, 0) is 11.0 Å². The van der Waals surface area contributed by atoms with Crippen molar-refractivity contribution in [1.29, 1.82) is 0 Å². The molecule has 1 fully saturated rings. The van der Waals surface area contributed by atoms with Gasteiger partial charge in [0.1, 0.15) is 11.2 Å². The van der Waals surface area contributed by atoms with Gasteiger partial charge in [-0.25, -0.2) is 0 Å². The molecular formula is C24H30F3N5O2S. The van der Waals surface area contributed by atoms with Gasteiger partial charge >= 0.3 is 6.18 Å². The van der Waals surface area contributed by atoms with Crippen molar-refractivity contribution in [3.05, 3.63) is 40.3 Å². The van der Waals surface area contributed by atoms with Crippen LogP contribution in [0, 0.1) is 11.8 Å². The molecule has 1 amide bonds. The number of carbonyl (C=O) groups excluding carboxylic acids is 1. The maximum absolute atomic E-state index is 13.2. The smallest absolute Gasteiger partial charge is 0.399 e. The summed E-state index contributed by atoms with van der Waals surface area (Å²) < 4.78 is 39.7. The topological polar surface area (TPSA) is 103 Å². The molecule has 35 heavy (non-hydrogen) atoms. The maximum atomic E-state index is 13.2. The molecule has 1 saturated carbocycles. The Kier molecular flexibility index (Phi) is 6.93. The number of amidine groups is 1. The Bertz CT molecular complexity index is 1080. The molecule has 2 heterocycles. The van der Waals surface area contributed by atoms with Gasteiger partial charge in [0, 0.05) is 30.6 Å². The number of hydrogen-bond acceptors (Lipinski definition) is 6. The molecule has 1 aromatic rings. The van der Waals surface area contributed by atoms with E-state index in [1.165, 1.54) is 24.2 Å². The minimum absolute atomic E-state index is 0.0297. The van der Waals surface area contributed by atoms with Gasteiger partial charge < -0.3 is 21.1 Å². The Morgan fingerprint density at radius 2 is 2.00 bits per heavy atom. The molecule has 1 aromatic carbocycles. The summed E-state index contributed by atoms with van der Waals surface area (Å²) in [6.45, 7) is 1.72. The average Bonchev–Trinajstić information content (AvgIpc) is 3.24. The number of alkyl halides is 3. The second kappa shape index (κ2) is 9.50. The maximum Gasteiger partial charge on any atom is 0.416 e. The van der Waals surface area contributed by atoms with E-state index in [1.54, 1.807) is 25.9 Å². The largest absolute Gasteiger partial charge is 0.416 e. The van der Waals surface area contributed by atoms with Gasteiger partial charge in [0.05, 0.1) is 29.5 Å². The van der Waals surface area contributed by atoms with Crippen molar-refractivity contribution >= 4 is 35.5 Å². The Morgan fingerprint density at radius 3 is 2.63 bits per heavy atom. The number of rotatable bonds is 4. The second-order valence-corrected chi connectivity index (χ2v) is 10.8. The van der Waals surface area contributed by atoms with Gasteiger partial charge in [-0.3, -0.25) is 14.8 Å². The predicted molar refractivity (Wildman–Crippen MR) is 132 cm³/mol. The summed E-state index contributed by atoms with van der Waals surface area (Å²) in [6, 6.07) is 2.90. The lowest BCUT2D eigenvalue weighted by Gasteiger charge is -2.37. The molecule has 4 rings (SSSR count). The zero-order valence-electron chi connectivity index (χ0n) is 19.8. The fraction of sp³-hybridized carbons (Fsp3) is 0.542. The van der Waals surface area contributed by atoms with Crippen LogP contribution >= 0.6 is 11.8 Å². The number of anilines is 1. The fourth-order valence-corrected chi connectivity index (χ4v) is 6.19. The highest BCUT2D eigenvalue weighted by molar-refractivity contribution is 8.04. The zero-order chi connectivity index (χ0) is 25.5. The number of aliphatic hydroxyl groups is 1. The molecule has 0 radical (unpaired) electrons. The lowest BCUT2D eigenvalue weighted by molar-refractivity contribution is -0.137. The number of thioether (sulfide) groups is 1. The SMILES string of the molecule is C[C@@H](N=C1NC=NC2SC(C3(O)CCC(C(=O)N(C)C)CC3)=CC12)c1cc(N)cc(C(F)(F)F)c1. The van der Waals surface area contributed by atoms with Crippen molar-refractivity contribution in [1.82, 2.24) is 10.2 Å². The van der Waals surface area contributed by atoms with Crippen LogP contribution < -0.4 is 11.1 Å². The molecule has 1 aliphatic carbocycles. The summed E-state index contributed by atoms with van der Waals surface area (Å²) in [7, 11) is 3.48. The monoisotopic (exact) mass is 509 g/mol. The summed E-state index contributed by atoms with van der Waals surface area (Å²) in [5.74, 6) is 0.338. The number of halogens is 3. The molecular weight excluding hydrogens is 479 g/mol. The van der Waals surface area contributed by atoms with Crippen LogP contribution in [0.1, 0.15) is 49.8 Å². The Labute approximate surface area is 206 Å². The third-order valence-corrected chi connectivity index (χ3v) is 8.24. The number of hydrogen-bond donors (Lipinski definition) is 3. The van der Waals surface area contributed by atoms with Crippen LogP contribution in [0.5, 0.6) is 0 Å². The molecule has 0 spiro atoms. The van der Waals surface area contributed by atoms with Gasteiger partial charge in [-0.15, -0.1) is 0 Å². The van der Waals surface area contributed by atoms with Crippen molar-refractivity contribution in [3.63, 3.8) is 0 Å². The Hall–Kier alpha value is -2.53. The van der Waals surface area contributed by atoms with Crippen LogP contribution in [0.2, 0.25) is 0 Å². The molecule has 0 saturated heterocycles. The van der Waals surface area contributed by atoms with Crippen molar-refractivity contribution in [2.45, 2.75) is 55.8 Å². The predicted octanol–water partition coefficient (Wildman–Crippen LogP) is 3.96. The highest BCUT2D eigenvalue weighted by Gasteiger charge is 2.45. The van der Waals surface area contributed by atoms with E-state index >= 15 is 0 Å². The highest BCUT2D eigenvalue weighted by atomic mass is 32.2. The van der Waals surface area contributed by atoms with Crippen molar-refractivity contribution in [3.8, 4) is 0 Å². The number of nitrogens with zero attached hydrogens (tertiary/aromatic N) is 3. The quantitative estimate of drug-likeness (QED) is 0.533. The van der Waals surface area contributed by atoms with Crippen LogP contribution in [0.4, 0.5) is 18.9 Å². The molecule has 2 unspecified atom stereocenters. The highest BCUT2D eigenvalue weighted by Crippen LogP contribution is 2.49. The first-order valence-electron chi connectivity index (χ1n) is 11.5. The minimum atomic E-state index is -4.50. The van der Waals surface area contributed by atoms with E-state index in [1.807, 2.05) is 6.08 Å². The van der Waals surface area contributed by atoms with E-state index in [0.29, 0.717) is 37.1 Å². The van der Waals surface area contributed by atoms with E-state index in [9.17, 15) is 23.1 Å². The third kappa shape index (κ3) is 5.35. The average molecular weight is 510 g/mol. The first-order chi connectivity index (χ1) is 16.4. The fourth-order valence-electron chi connectivity index (χ4n) is 4.80. The first kappa shape index (κ1) is 25.6. The number of nitrogens with one attached hydrogen (secondary N) is 1. The van der Waals surface area contributed by atoms with E-state index in [0.717, 1.165) is 17.0 Å². The number of benzene rings is 1.